The number of alkyl halides is 1. The number of hydrogen-bond acceptors (Lipinski definition) is 2. The maximum absolute atomic E-state index is 12.6. The summed E-state index contributed by atoms with van der Waals surface area (Å²) in [7, 11) is 0. The molecule has 2 unspecified atom stereocenters. The molecule has 0 aromatic rings. The van der Waals surface area contributed by atoms with Crippen molar-refractivity contribution >= 4 is 0 Å². The number of ether oxygens (including phenoxy) is 1. The molecule has 1 heterocycles. The summed E-state index contributed by atoms with van der Waals surface area (Å²) in [5.41, 5.74) is 0. The molecule has 0 aromatic heterocycles. The van der Waals surface area contributed by atoms with Crippen LogP contribution in [0.5, 0.6) is 0 Å². The van der Waals surface area contributed by atoms with Crippen molar-refractivity contribution in [2.45, 2.75) is 39.0 Å². The Bertz CT molecular complexity index is 141. The van der Waals surface area contributed by atoms with Crippen molar-refractivity contribution in [1.82, 2.24) is 4.90 Å². The summed E-state index contributed by atoms with van der Waals surface area (Å²) in [6, 6.07) is 0. The molecule has 0 saturated carbocycles. The van der Waals surface area contributed by atoms with E-state index in [9.17, 15) is 4.39 Å². The summed E-state index contributed by atoms with van der Waals surface area (Å²) < 4.78 is 18.1. The Kier molecular flexibility index (Phi) is 4.67. The van der Waals surface area contributed by atoms with Gasteiger partial charge in [0.1, 0.15) is 0 Å². The first kappa shape index (κ1) is 10.9. The van der Waals surface area contributed by atoms with Gasteiger partial charge in [-0.25, -0.2) is 4.39 Å². The summed E-state index contributed by atoms with van der Waals surface area (Å²) in [6.45, 7) is 7.42. The molecule has 1 saturated heterocycles. The average molecular weight is 189 g/mol. The van der Waals surface area contributed by atoms with Crippen LogP contribution in [0.4, 0.5) is 4.39 Å². The van der Waals surface area contributed by atoms with E-state index >= 15 is 0 Å². The van der Waals surface area contributed by atoms with Crippen LogP contribution in [0.1, 0.15) is 26.7 Å². The Morgan fingerprint density at radius 1 is 1.62 bits per heavy atom. The Morgan fingerprint density at radius 2 is 2.38 bits per heavy atom. The molecule has 13 heavy (non-hydrogen) atoms. The average Bonchev–Trinajstić information content (AvgIpc) is 2.26. The molecular weight excluding hydrogens is 169 g/mol. The van der Waals surface area contributed by atoms with E-state index in [1.165, 1.54) is 0 Å². The lowest BCUT2D eigenvalue weighted by molar-refractivity contribution is 0.0667. The third kappa shape index (κ3) is 4.58. The minimum Gasteiger partial charge on any atom is -0.377 e. The second-order valence-corrected chi connectivity index (χ2v) is 3.91. The van der Waals surface area contributed by atoms with Crippen LogP contribution in [-0.2, 0) is 4.74 Å². The van der Waals surface area contributed by atoms with Gasteiger partial charge in [0.25, 0.3) is 0 Å². The van der Waals surface area contributed by atoms with Crippen LogP contribution in [-0.4, -0.2) is 43.4 Å². The molecule has 2 nitrogen and oxygen atoms in total. The molecule has 0 N–H and O–H groups in total. The Morgan fingerprint density at radius 3 is 3.08 bits per heavy atom. The molecule has 0 aliphatic carbocycles. The molecule has 0 radical (unpaired) electrons. The zero-order valence-electron chi connectivity index (χ0n) is 8.63. The quantitative estimate of drug-likeness (QED) is 0.671. The zero-order chi connectivity index (χ0) is 9.68. The highest BCUT2D eigenvalue weighted by atomic mass is 19.1. The Hall–Kier alpha value is -0.150. The van der Waals surface area contributed by atoms with Gasteiger partial charge in [0, 0.05) is 26.2 Å². The molecule has 78 valence electrons. The number of rotatable bonds is 3. The van der Waals surface area contributed by atoms with Crippen molar-refractivity contribution < 1.29 is 9.13 Å². The highest BCUT2D eigenvalue weighted by molar-refractivity contribution is 4.67. The van der Waals surface area contributed by atoms with Gasteiger partial charge in [0.2, 0.25) is 0 Å². The number of nitrogens with zero attached hydrogens (tertiary/aromatic N) is 1. The largest absolute Gasteiger partial charge is 0.377 e. The highest BCUT2D eigenvalue weighted by Crippen LogP contribution is 2.07. The predicted octanol–water partition coefficient (Wildman–Crippen LogP) is 1.85. The number of halogens is 1. The van der Waals surface area contributed by atoms with E-state index in [0.29, 0.717) is 12.5 Å². The van der Waals surface area contributed by atoms with Gasteiger partial charge in [0.15, 0.2) is 0 Å². The molecule has 3 heteroatoms. The van der Waals surface area contributed by atoms with E-state index in [1.807, 2.05) is 0 Å². The summed E-state index contributed by atoms with van der Waals surface area (Å²) >= 11 is 0. The highest BCUT2D eigenvalue weighted by Gasteiger charge is 2.14. The lowest BCUT2D eigenvalue weighted by Crippen LogP contribution is -2.32. The second kappa shape index (κ2) is 5.55. The molecular formula is C10H20FNO. The van der Waals surface area contributed by atoms with Crippen LogP contribution in [0.2, 0.25) is 0 Å². The van der Waals surface area contributed by atoms with Crippen molar-refractivity contribution in [3.8, 4) is 0 Å². The molecule has 0 aromatic carbocycles. The maximum Gasteiger partial charge on any atom is 0.0985 e. The van der Waals surface area contributed by atoms with Crippen molar-refractivity contribution in [3.05, 3.63) is 0 Å². The molecule has 0 amide bonds. The summed E-state index contributed by atoms with van der Waals surface area (Å²) in [5.74, 6) is 0. The summed E-state index contributed by atoms with van der Waals surface area (Å²) in [6.07, 6.45) is 1.34. The lowest BCUT2D eigenvalue weighted by atomic mass is 10.2. The molecule has 1 fully saturated rings. The van der Waals surface area contributed by atoms with Gasteiger partial charge < -0.3 is 9.64 Å². The summed E-state index contributed by atoms with van der Waals surface area (Å²) in [5, 5.41) is 0. The fourth-order valence-electron chi connectivity index (χ4n) is 1.64. The third-order valence-corrected chi connectivity index (χ3v) is 2.38. The fourth-order valence-corrected chi connectivity index (χ4v) is 1.64. The molecule has 1 rings (SSSR count). The molecule has 0 bridgehead atoms. The van der Waals surface area contributed by atoms with Crippen LogP contribution in [0.15, 0.2) is 0 Å². The van der Waals surface area contributed by atoms with Crippen molar-refractivity contribution in [3.63, 3.8) is 0 Å². The lowest BCUT2D eigenvalue weighted by Gasteiger charge is -2.21. The van der Waals surface area contributed by atoms with E-state index < -0.39 is 6.17 Å². The van der Waals surface area contributed by atoms with Gasteiger partial charge in [-0.15, -0.1) is 0 Å². The topological polar surface area (TPSA) is 12.5 Å². The SMILES string of the molecule is CC(F)CCN1CCCOC(C)C1. The zero-order valence-corrected chi connectivity index (χ0v) is 8.63. The predicted molar refractivity (Wildman–Crippen MR) is 51.7 cm³/mol. The molecule has 2 atom stereocenters. The van der Waals surface area contributed by atoms with Crippen LogP contribution >= 0.6 is 0 Å². The molecule has 1 aliphatic rings. The van der Waals surface area contributed by atoms with Crippen LogP contribution in [0.3, 0.4) is 0 Å². The van der Waals surface area contributed by atoms with Crippen LogP contribution < -0.4 is 0 Å². The van der Waals surface area contributed by atoms with E-state index in [0.717, 1.165) is 32.7 Å². The minimum atomic E-state index is -0.681. The van der Waals surface area contributed by atoms with Crippen molar-refractivity contribution in [1.29, 1.82) is 0 Å². The first-order valence-electron chi connectivity index (χ1n) is 5.16. The maximum atomic E-state index is 12.6. The fraction of sp³-hybridized carbons (Fsp3) is 1.00. The first-order chi connectivity index (χ1) is 6.18. The standard InChI is InChI=1S/C10H20FNO/c1-9(11)4-6-12-5-3-7-13-10(2)8-12/h9-10H,3-8H2,1-2H3. The molecule has 0 spiro atoms. The van der Waals surface area contributed by atoms with E-state index in [1.54, 1.807) is 6.92 Å². The van der Waals surface area contributed by atoms with Gasteiger partial charge in [-0.05, 0) is 26.7 Å². The van der Waals surface area contributed by atoms with Gasteiger partial charge in [0.05, 0.1) is 12.3 Å². The number of hydrogen-bond donors (Lipinski definition) is 0. The summed E-state index contributed by atoms with van der Waals surface area (Å²) in [4.78, 5) is 2.30. The monoisotopic (exact) mass is 189 g/mol. The van der Waals surface area contributed by atoms with E-state index in [-0.39, 0.29) is 0 Å². The third-order valence-electron chi connectivity index (χ3n) is 2.38. The Labute approximate surface area is 80.1 Å². The van der Waals surface area contributed by atoms with Crippen molar-refractivity contribution in [2.24, 2.45) is 0 Å². The van der Waals surface area contributed by atoms with Crippen LogP contribution in [0, 0.1) is 0 Å². The van der Waals surface area contributed by atoms with E-state index in [4.69, 9.17) is 4.74 Å². The van der Waals surface area contributed by atoms with Gasteiger partial charge >= 0.3 is 0 Å². The van der Waals surface area contributed by atoms with Crippen LogP contribution in [0.25, 0.3) is 0 Å². The van der Waals surface area contributed by atoms with Crippen molar-refractivity contribution in [2.75, 3.05) is 26.2 Å². The Balaban J connectivity index is 2.22. The molecule has 1 aliphatic heterocycles. The first-order valence-corrected chi connectivity index (χ1v) is 5.16. The van der Waals surface area contributed by atoms with Gasteiger partial charge in [-0.1, -0.05) is 0 Å². The smallest absolute Gasteiger partial charge is 0.0985 e. The van der Waals surface area contributed by atoms with E-state index in [2.05, 4.69) is 11.8 Å². The normalized spacial score (nSPS) is 28.4. The van der Waals surface area contributed by atoms with Gasteiger partial charge in [-0.2, -0.15) is 0 Å². The van der Waals surface area contributed by atoms with Gasteiger partial charge in [-0.3, -0.25) is 0 Å². The minimum absolute atomic E-state index is 0.303. The second-order valence-electron chi connectivity index (χ2n) is 3.91.